The summed E-state index contributed by atoms with van der Waals surface area (Å²) in [5.41, 5.74) is 1.06. The van der Waals surface area contributed by atoms with Crippen LogP contribution in [0.1, 0.15) is 0 Å². The molecule has 1 amide bonds. The summed E-state index contributed by atoms with van der Waals surface area (Å²) >= 11 is 7.52. The van der Waals surface area contributed by atoms with Crippen molar-refractivity contribution < 1.29 is 4.79 Å². The third kappa shape index (κ3) is 4.34. The Kier molecular flexibility index (Phi) is 5.65. The van der Waals surface area contributed by atoms with Crippen LogP contribution in [0, 0.1) is 0 Å². The Morgan fingerprint density at radius 3 is 2.72 bits per heavy atom. The first-order valence-electron chi connectivity index (χ1n) is 9.11. The van der Waals surface area contributed by atoms with E-state index in [9.17, 15) is 9.59 Å². The molecule has 3 heterocycles. The highest BCUT2D eigenvalue weighted by atomic mass is 35.5. The van der Waals surface area contributed by atoms with Crippen molar-refractivity contribution in [3.05, 3.63) is 51.2 Å². The highest BCUT2D eigenvalue weighted by Gasteiger charge is 2.19. The van der Waals surface area contributed by atoms with Gasteiger partial charge in [-0.15, -0.1) is 11.3 Å². The molecule has 1 saturated heterocycles. The number of hydrogen-bond acceptors (Lipinski definition) is 7. The van der Waals surface area contributed by atoms with E-state index in [-0.39, 0.29) is 12.5 Å². The van der Waals surface area contributed by atoms with Crippen molar-refractivity contribution in [2.45, 2.75) is 6.54 Å². The number of halogens is 1. The molecule has 1 N–H and O–H groups in total. The number of aromatic nitrogens is 4. The zero-order valence-corrected chi connectivity index (χ0v) is 17.4. The number of likely N-dealkylation sites (N-methyl/N-ethyl adjacent to an activating group) is 1. The fraction of sp³-hybridized carbons (Fsp3) is 0.333. The van der Waals surface area contributed by atoms with E-state index in [1.165, 1.54) is 16.0 Å². The number of piperazine rings is 1. The minimum Gasteiger partial charge on any atom is -0.367 e. The van der Waals surface area contributed by atoms with Crippen LogP contribution in [-0.2, 0) is 11.3 Å². The summed E-state index contributed by atoms with van der Waals surface area (Å²) in [6.07, 6.45) is 0. The van der Waals surface area contributed by atoms with Crippen molar-refractivity contribution in [1.29, 1.82) is 0 Å². The summed E-state index contributed by atoms with van der Waals surface area (Å²) in [4.78, 5) is 29.5. The van der Waals surface area contributed by atoms with Gasteiger partial charge in [-0.25, -0.2) is 4.79 Å². The van der Waals surface area contributed by atoms with E-state index in [1.807, 2.05) is 23.6 Å². The molecular weight excluding hydrogens is 414 g/mol. The van der Waals surface area contributed by atoms with Gasteiger partial charge in [0.05, 0.1) is 11.4 Å². The van der Waals surface area contributed by atoms with Crippen molar-refractivity contribution in [2.24, 2.45) is 0 Å². The minimum atomic E-state index is -0.465. The molecule has 1 fully saturated rings. The highest BCUT2D eigenvalue weighted by molar-refractivity contribution is 7.12. The molecule has 29 heavy (non-hydrogen) atoms. The minimum absolute atomic E-state index is 0.237. The molecule has 0 atom stereocenters. The zero-order chi connectivity index (χ0) is 20.4. The van der Waals surface area contributed by atoms with E-state index < -0.39 is 5.69 Å². The van der Waals surface area contributed by atoms with Crippen LogP contribution in [0.15, 0.2) is 40.5 Å². The molecule has 9 nitrogen and oxygen atoms in total. The largest absolute Gasteiger partial charge is 0.369 e. The van der Waals surface area contributed by atoms with Crippen molar-refractivity contribution in [3.8, 4) is 5.00 Å². The molecule has 11 heteroatoms. The maximum atomic E-state index is 12.6. The standard InChI is InChI=1S/C18H20ClN7O2S/c1-23-6-8-24(9-7-23)15-5-4-13(19)11-14(15)20-16(27)12-25-18(28)26(22-21-25)17-3-2-10-29-17/h2-5,10-11H,6-9,12H2,1H3,(H,20,27). The lowest BCUT2D eigenvalue weighted by Crippen LogP contribution is -2.44. The van der Waals surface area contributed by atoms with Gasteiger partial charge in [0.15, 0.2) is 0 Å². The number of carbonyl (C=O) groups is 1. The summed E-state index contributed by atoms with van der Waals surface area (Å²) in [5, 5.41) is 13.5. The summed E-state index contributed by atoms with van der Waals surface area (Å²) in [6.45, 7) is 3.36. The van der Waals surface area contributed by atoms with Gasteiger partial charge in [0.2, 0.25) is 5.91 Å². The van der Waals surface area contributed by atoms with Gasteiger partial charge in [-0.05, 0) is 53.2 Å². The molecule has 0 aliphatic carbocycles. The fourth-order valence-corrected chi connectivity index (χ4v) is 4.00. The van der Waals surface area contributed by atoms with Crippen molar-refractivity contribution in [3.63, 3.8) is 0 Å². The van der Waals surface area contributed by atoms with Crippen molar-refractivity contribution >= 4 is 40.2 Å². The third-order valence-corrected chi connectivity index (χ3v) is 5.80. The molecular formula is C18H20ClN7O2S. The van der Waals surface area contributed by atoms with Gasteiger partial charge in [0, 0.05) is 31.2 Å². The van der Waals surface area contributed by atoms with Crippen LogP contribution in [-0.4, -0.2) is 63.8 Å². The fourth-order valence-electron chi connectivity index (χ4n) is 3.16. The molecule has 1 aliphatic rings. The summed E-state index contributed by atoms with van der Waals surface area (Å²) in [5.74, 6) is -0.372. The lowest BCUT2D eigenvalue weighted by molar-refractivity contribution is -0.117. The monoisotopic (exact) mass is 433 g/mol. The lowest BCUT2D eigenvalue weighted by atomic mass is 10.2. The van der Waals surface area contributed by atoms with Gasteiger partial charge in [-0.3, -0.25) is 4.79 Å². The summed E-state index contributed by atoms with van der Waals surface area (Å²) in [6, 6.07) is 9.01. The number of rotatable bonds is 5. The Bertz CT molecular complexity index is 1050. The number of anilines is 2. The van der Waals surface area contributed by atoms with Crippen molar-refractivity contribution in [2.75, 3.05) is 43.4 Å². The van der Waals surface area contributed by atoms with Gasteiger partial charge in [0.25, 0.3) is 0 Å². The molecule has 1 aliphatic heterocycles. The number of thiophene rings is 1. The normalized spacial score (nSPS) is 14.9. The number of nitrogens with zero attached hydrogens (tertiary/aromatic N) is 6. The molecule has 3 aromatic rings. The quantitative estimate of drug-likeness (QED) is 0.656. The van der Waals surface area contributed by atoms with E-state index in [0.29, 0.717) is 15.7 Å². The Morgan fingerprint density at radius 1 is 1.21 bits per heavy atom. The number of carbonyl (C=O) groups excluding carboxylic acids is 1. The second-order valence-electron chi connectivity index (χ2n) is 6.78. The maximum absolute atomic E-state index is 12.6. The van der Waals surface area contributed by atoms with Crippen LogP contribution in [0.3, 0.4) is 0 Å². The average Bonchev–Trinajstić information content (AvgIpc) is 3.33. The topological polar surface area (TPSA) is 88.3 Å². The van der Waals surface area contributed by atoms with Crippen molar-refractivity contribution in [1.82, 2.24) is 24.7 Å². The van der Waals surface area contributed by atoms with Gasteiger partial charge in [-0.1, -0.05) is 11.6 Å². The Hall–Kier alpha value is -2.69. The van der Waals surface area contributed by atoms with Crippen LogP contribution >= 0.6 is 22.9 Å². The lowest BCUT2D eigenvalue weighted by Gasteiger charge is -2.35. The summed E-state index contributed by atoms with van der Waals surface area (Å²) < 4.78 is 2.21. The molecule has 0 radical (unpaired) electrons. The van der Waals surface area contributed by atoms with Crippen LogP contribution in [0.4, 0.5) is 11.4 Å². The molecule has 0 bridgehead atoms. The third-order valence-electron chi connectivity index (χ3n) is 4.72. The molecule has 4 rings (SSSR count). The molecule has 0 saturated carbocycles. The maximum Gasteiger partial charge on any atom is 0.369 e. The Balaban J connectivity index is 1.50. The number of amides is 1. The number of hydrogen-bond donors (Lipinski definition) is 1. The molecule has 0 spiro atoms. The predicted molar refractivity (Wildman–Crippen MR) is 113 cm³/mol. The van der Waals surface area contributed by atoms with E-state index >= 15 is 0 Å². The van der Waals surface area contributed by atoms with E-state index in [4.69, 9.17) is 11.6 Å². The number of tetrazole rings is 1. The van der Waals surface area contributed by atoms with Crippen LogP contribution < -0.4 is 15.9 Å². The first-order chi connectivity index (χ1) is 14.0. The molecule has 0 unspecified atom stereocenters. The molecule has 2 aromatic heterocycles. The first-order valence-corrected chi connectivity index (χ1v) is 10.4. The van der Waals surface area contributed by atoms with Gasteiger partial charge >= 0.3 is 5.69 Å². The molecule has 1 aromatic carbocycles. The van der Waals surface area contributed by atoms with Crippen LogP contribution in [0.2, 0.25) is 5.02 Å². The average molecular weight is 434 g/mol. The Labute approximate surface area is 176 Å². The smallest absolute Gasteiger partial charge is 0.367 e. The van der Waals surface area contributed by atoms with Crippen LogP contribution in [0.25, 0.3) is 5.00 Å². The summed E-state index contributed by atoms with van der Waals surface area (Å²) in [7, 11) is 2.09. The van der Waals surface area contributed by atoms with Gasteiger partial charge in [0.1, 0.15) is 11.5 Å². The number of nitrogens with one attached hydrogen (secondary N) is 1. The highest BCUT2D eigenvalue weighted by Crippen LogP contribution is 2.30. The SMILES string of the molecule is CN1CCN(c2ccc(Cl)cc2NC(=O)Cn2nnn(-c3cccs3)c2=O)CC1. The second-order valence-corrected chi connectivity index (χ2v) is 8.14. The van der Waals surface area contributed by atoms with E-state index in [1.54, 1.807) is 12.1 Å². The number of benzene rings is 1. The van der Waals surface area contributed by atoms with Gasteiger partial charge in [-0.2, -0.15) is 9.36 Å². The van der Waals surface area contributed by atoms with Crippen LogP contribution in [0.5, 0.6) is 0 Å². The van der Waals surface area contributed by atoms with E-state index in [0.717, 1.165) is 36.5 Å². The second kappa shape index (κ2) is 8.36. The predicted octanol–water partition coefficient (Wildman–Crippen LogP) is 1.53. The Morgan fingerprint density at radius 2 is 2.00 bits per heavy atom. The molecule has 152 valence electrons. The zero-order valence-electron chi connectivity index (χ0n) is 15.8. The van der Waals surface area contributed by atoms with Gasteiger partial charge < -0.3 is 15.1 Å². The first kappa shape index (κ1) is 19.6. The van der Waals surface area contributed by atoms with E-state index in [2.05, 4.69) is 32.6 Å².